The van der Waals surface area contributed by atoms with Crippen LogP contribution >= 0.6 is 0 Å². The van der Waals surface area contributed by atoms with Gasteiger partial charge in [-0.05, 0) is 42.8 Å². The van der Waals surface area contributed by atoms with Gasteiger partial charge in [0.1, 0.15) is 17.3 Å². The molecule has 156 valence electrons. The van der Waals surface area contributed by atoms with E-state index in [2.05, 4.69) is 0 Å². The van der Waals surface area contributed by atoms with Gasteiger partial charge in [-0.25, -0.2) is 4.39 Å². The molecule has 0 radical (unpaired) electrons. The standard InChI is InChI=1S/C25H20FNO4/c1-15-11-12-20(31-2)19(13-15)23(28)21-22(16-7-4-3-5-8-16)27(25(30)24(21)29)18-10-6-9-17(26)14-18/h3-14,22,28H,1-2H3/b23-21+. The fourth-order valence-electron chi connectivity index (χ4n) is 3.83. The summed E-state index contributed by atoms with van der Waals surface area (Å²) in [6, 6.07) is 18.6. The number of benzene rings is 3. The Morgan fingerprint density at radius 2 is 1.74 bits per heavy atom. The molecule has 1 aliphatic rings. The third kappa shape index (κ3) is 3.57. The molecule has 0 saturated carbocycles. The first-order valence-electron chi connectivity index (χ1n) is 9.69. The summed E-state index contributed by atoms with van der Waals surface area (Å²) >= 11 is 0. The number of Topliss-reactive ketones (excluding diaryl/α,β-unsaturated/α-hetero) is 1. The van der Waals surface area contributed by atoms with Gasteiger partial charge in [-0.15, -0.1) is 0 Å². The quantitative estimate of drug-likeness (QED) is 0.377. The molecule has 3 aromatic carbocycles. The van der Waals surface area contributed by atoms with Gasteiger partial charge in [0.05, 0.1) is 24.3 Å². The molecule has 31 heavy (non-hydrogen) atoms. The summed E-state index contributed by atoms with van der Waals surface area (Å²) in [6.45, 7) is 1.84. The van der Waals surface area contributed by atoms with Crippen molar-refractivity contribution in [3.05, 3.63) is 101 Å². The molecule has 0 aliphatic carbocycles. The molecule has 6 heteroatoms. The van der Waals surface area contributed by atoms with Crippen LogP contribution < -0.4 is 9.64 Å². The van der Waals surface area contributed by atoms with Crippen molar-refractivity contribution in [1.29, 1.82) is 0 Å². The van der Waals surface area contributed by atoms with Crippen molar-refractivity contribution in [2.24, 2.45) is 0 Å². The lowest BCUT2D eigenvalue weighted by Crippen LogP contribution is -2.29. The Morgan fingerprint density at radius 1 is 1.00 bits per heavy atom. The van der Waals surface area contributed by atoms with Crippen LogP contribution in [0.2, 0.25) is 0 Å². The molecule has 0 aromatic heterocycles. The van der Waals surface area contributed by atoms with Crippen LogP contribution in [0, 0.1) is 12.7 Å². The van der Waals surface area contributed by atoms with E-state index in [1.807, 2.05) is 13.0 Å². The van der Waals surface area contributed by atoms with E-state index in [0.29, 0.717) is 16.9 Å². The van der Waals surface area contributed by atoms with Gasteiger partial charge in [-0.1, -0.05) is 48.0 Å². The molecule has 4 rings (SSSR count). The van der Waals surface area contributed by atoms with Crippen LogP contribution in [-0.4, -0.2) is 23.9 Å². The van der Waals surface area contributed by atoms with Crippen molar-refractivity contribution in [1.82, 2.24) is 0 Å². The number of rotatable bonds is 4. The summed E-state index contributed by atoms with van der Waals surface area (Å²) in [4.78, 5) is 27.4. The monoisotopic (exact) mass is 417 g/mol. The van der Waals surface area contributed by atoms with Crippen molar-refractivity contribution in [3.63, 3.8) is 0 Å². The Balaban J connectivity index is 1.99. The van der Waals surface area contributed by atoms with Crippen LogP contribution in [0.1, 0.15) is 22.7 Å². The number of amides is 1. The number of aryl methyl sites for hydroxylation is 1. The highest BCUT2D eigenvalue weighted by Gasteiger charge is 2.47. The second kappa shape index (κ2) is 8.07. The van der Waals surface area contributed by atoms with Crippen molar-refractivity contribution < 1.29 is 23.8 Å². The van der Waals surface area contributed by atoms with E-state index in [9.17, 15) is 19.1 Å². The number of carbonyl (C=O) groups excluding carboxylic acids is 2. The zero-order valence-corrected chi connectivity index (χ0v) is 17.0. The van der Waals surface area contributed by atoms with Gasteiger partial charge in [-0.3, -0.25) is 14.5 Å². The number of nitrogens with zero attached hydrogens (tertiary/aromatic N) is 1. The SMILES string of the molecule is COc1ccc(C)cc1/C(O)=C1\C(=O)C(=O)N(c2cccc(F)c2)C1c1ccccc1. The molecule has 0 spiro atoms. The van der Waals surface area contributed by atoms with Crippen LogP contribution in [0.5, 0.6) is 5.75 Å². The molecule has 1 heterocycles. The van der Waals surface area contributed by atoms with E-state index in [1.165, 1.54) is 30.2 Å². The predicted molar refractivity (Wildman–Crippen MR) is 115 cm³/mol. The van der Waals surface area contributed by atoms with Crippen LogP contribution in [0.3, 0.4) is 0 Å². The van der Waals surface area contributed by atoms with Crippen molar-refractivity contribution in [2.75, 3.05) is 12.0 Å². The Hall–Kier alpha value is -3.93. The highest BCUT2D eigenvalue weighted by Crippen LogP contribution is 2.43. The average molecular weight is 417 g/mol. The zero-order valence-electron chi connectivity index (χ0n) is 17.0. The number of aliphatic hydroxyl groups is 1. The molecule has 1 aliphatic heterocycles. The number of aliphatic hydroxyl groups excluding tert-OH is 1. The van der Waals surface area contributed by atoms with Gasteiger partial charge < -0.3 is 9.84 Å². The number of ether oxygens (including phenoxy) is 1. The fourth-order valence-corrected chi connectivity index (χ4v) is 3.83. The first kappa shape index (κ1) is 20.3. The topological polar surface area (TPSA) is 66.8 Å². The molecule has 1 N–H and O–H groups in total. The highest BCUT2D eigenvalue weighted by atomic mass is 19.1. The van der Waals surface area contributed by atoms with Crippen molar-refractivity contribution >= 4 is 23.1 Å². The smallest absolute Gasteiger partial charge is 0.300 e. The third-order valence-electron chi connectivity index (χ3n) is 5.26. The van der Waals surface area contributed by atoms with E-state index in [4.69, 9.17) is 4.74 Å². The van der Waals surface area contributed by atoms with Gasteiger partial charge >= 0.3 is 0 Å². The van der Waals surface area contributed by atoms with Crippen LogP contribution in [0.25, 0.3) is 5.76 Å². The highest BCUT2D eigenvalue weighted by molar-refractivity contribution is 6.51. The lowest BCUT2D eigenvalue weighted by molar-refractivity contribution is -0.132. The number of hydrogen-bond acceptors (Lipinski definition) is 4. The molecule has 0 bridgehead atoms. The third-order valence-corrected chi connectivity index (χ3v) is 5.26. The number of anilines is 1. The van der Waals surface area contributed by atoms with E-state index < -0.39 is 23.5 Å². The van der Waals surface area contributed by atoms with Crippen molar-refractivity contribution in [2.45, 2.75) is 13.0 Å². The lowest BCUT2D eigenvalue weighted by atomic mass is 9.94. The normalized spacial score (nSPS) is 17.8. The molecule has 5 nitrogen and oxygen atoms in total. The number of ketones is 1. The maximum Gasteiger partial charge on any atom is 0.300 e. The van der Waals surface area contributed by atoms with Gasteiger partial charge in [0.15, 0.2) is 0 Å². The van der Waals surface area contributed by atoms with Crippen LogP contribution in [0.15, 0.2) is 78.4 Å². The Kier molecular flexibility index (Phi) is 5.29. The molecule has 1 unspecified atom stereocenters. The predicted octanol–water partition coefficient (Wildman–Crippen LogP) is 4.77. The number of halogens is 1. The minimum absolute atomic E-state index is 0.0793. The number of carbonyl (C=O) groups is 2. The first-order valence-corrected chi connectivity index (χ1v) is 9.69. The fraction of sp³-hybridized carbons (Fsp3) is 0.120. The molecular formula is C25H20FNO4. The molecule has 3 aromatic rings. The Labute approximate surface area is 179 Å². The summed E-state index contributed by atoms with van der Waals surface area (Å²) in [6.07, 6.45) is 0. The maximum absolute atomic E-state index is 13.9. The Morgan fingerprint density at radius 3 is 2.42 bits per heavy atom. The second-order valence-electron chi connectivity index (χ2n) is 7.26. The van der Waals surface area contributed by atoms with Gasteiger partial charge in [0.25, 0.3) is 11.7 Å². The van der Waals surface area contributed by atoms with E-state index in [-0.39, 0.29) is 17.0 Å². The minimum atomic E-state index is -0.923. The van der Waals surface area contributed by atoms with Gasteiger partial charge in [0, 0.05) is 5.69 Å². The van der Waals surface area contributed by atoms with Crippen LogP contribution in [0.4, 0.5) is 10.1 Å². The van der Waals surface area contributed by atoms with Gasteiger partial charge in [0.2, 0.25) is 0 Å². The largest absolute Gasteiger partial charge is 0.507 e. The second-order valence-corrected chi connectivity index (χ2v) is 7.26. The lowest BCUT2D eigenvalue weighted by Gasteiger charge is -2.25. The summed E-state index contributed by atoms with van der Waals surface area (Å²) in [5.41, 5.74) is 1.91. The molecule has 1 saturated heterocycles. The van der Waals surface area contributed by atoms with Crippen molar-refractivity contribution in [3.8, 4) is 5.75 Å². The Bertz CT molecular complexity index is 1200. The zero-order chi connectivity index (χ0) is 22.1. The minimum Gasteiger partial charge on any atom is -0.507 e. The summed E-state index contributed by atoms with van der Waals surface area (Å²) in [7, 11) is 1.46. The van der Waals surface area contributed by atoms with Crippen LogP contribution in [-0.2, 0) is 9.59 Å². The summed E-state index contributed by atoms with van der Waals surface area (Å²) in [5, 5.41) is 11.2. The van der Waals surface area contributed by atoms with E-state index in [0.717, 1.165) is 5.56 Å². The molecule has 1 fully saturated rings. The summed E-state index contributed by atoms with van der Waals surface area (Å²) in [5.74, 6) is -2.20. The number of hydrogen-bond donors (Lipinski definition) is 1. The first-order chi connectivity index (χ1) is 14.9. The van der Waals surface area contributed by atoms with E-state index >= 15 is 0 Å². The molecule has 1 amide bonds. The maximum atomic E-state index is 13.9. The summed E-state index contributed by atoms with van der Waals surface area (Å²) < 4.78 is 19.3. The van der Waals surface area contributed by atoms with Gasteiger partial charge in [-0.2, -0.15) is 0 Å². The van der Waals surface area contributed by atoms with E-state index in [1.54, 1.807) is 48.5 Å². The molecule has 1 atom stereocenters. The average Bonchev–Trinajstić information content (AvgIpc) is 3.04. The molecular weight excluding hydrogens is 397 g/mol. The number of methoxy groups -OCH3 is 1.